The number of carbonyl (C=O) groups is 1. The van der Waals surface area contributed by atoms with Crippen LogP contribution in [0.5, 0.6) is 5.75 Å². The van der Waals surface area contributed by atoms with Crippen molar-refractivity contribution in [3.8, 4) is 5.75 Å². The molecule has 8 nitrogen and oxygen atoms in total. The van der Waals surface area contributed by atoms with E-state index >= 15 is 0 Å². The van der Waals surface area contributed by atoms with Gasteiger partial charge in [-0.1, -0.05) is 6.42 Å². The van der Waals surface area contributed by atoms with Crippen molar-refractivity contribution in [1.82, 2.24) is 14.9 Å². The highest BCUT2D eigenvalue weighted by Crippen LogP contribution is 2.30. The fourth-order valence-corrected chi connectivity index (χ4v) is 3.24. The van der Waals surface area contributed by atoms with Crippen molar-refractivity contribution in [3.05, 3.63) is 29.2 Å². The van der Waals surface area contributed by atoms with E-state index < -0.39 is 0 Å². The van der Waals surface area contributed by atoms with Crippen molar-refractivity contribution >= 4 is 11.8 Å². The summed E-state index contributed by atoms with van der Waals surface area (Å²) in [4.78, 5) is 18.4. The van der Waals surface area contributed by atoms with Gasteiger partial charge in [0, 0.05) is 20.6 Å². The van der Waals surface area contributed by atoms with Gasteiger partial charge in [0.15, 0.2) is 0 Å². The van der Waals surface area contributed by atoms with E-state index in [1.54, 1.807) is 19.0 Å². The van der Waals surface area contributed by atoms with E-state index in [4.69, 9.17) is 21.1 Å². The lowest BCUT2D eigenvalue weighted by atomic mass is 9.86. The number of ether oxygens (including phenoxy) is 2. The van der Waals surface area contributed by atoms with Crippen LogP contribution in [0.2, 0.25) is 0 Å². The average Bonchev–Trinajstić information content (AvgIpc) is 3.45. The second kappa shape index (κ2) is 9.35. The number of pyridine rings is 1. The zero-order valence-electron chi connectivity index (χ0n) is 17.7. The summed E-state index contributed by atoms with van der Waals surface area (Å²) in [6.07, 6.45) is 5.73. The van der Waals surface area contributed by atoms with E-state index in [0.29, 0.717) is 28.9 Å². The summed E-state index contributed by atoms with van der Waals surface area (Å²) < 4.78 is 11.3. The van der Waals surface area contributed by atoms with Gasteiger partial charge >= 0.3 is 6.09 Å². The van der Waals surface area contributed by atoms with Crippen molar-refractivity contribution in [1.29, 1.82) is 0 Å². The number of rotatable bonds is 9. The van der Waals surface area contributed by atoms with Gasteiger partial charge in [0.1, 0.15) is 12.4 Å². The Bertz CT molecular complexity index is 757. The van der Waals surface area contributed by atoms with Gasteiger partial charge in [-0.2, -0.15) is 0 Å². The number of hydrogen-bond acceptors (Lipinski definition) is 7. The zero-order chi connectivity index (χ0) is 21.0. The summed E-state index contributed by atoms with van der Waals surface area (Å²) >= 11 is 0. The molecule has 1 heterocycles. The largest absolute Gasteiger partial charge is 0.491 e. The molecule has 3 rings (SSSR count). The summed E-state index contributed by atoms with van der Waals surface area (Å²) in [6.45, 7) is 3.32. The maximum absolute atomic E-state index is 12.2. The molecule has 1 aromatic rings. The van der Waals surface area contributed by atoms with Gasteiger partial charge < -0.3 is 25.1 Å². The molecular weight excluding hydrogens is 370 g/mol. The second-order valence-corrected chi connectivity index (χ2v) is 8.24. The molecule has 2 aliphatic rings. The van der Waals surface area contributed by atoms with Gasteiger partial charge in [-0.05, 0) is 56.6 Å². The number of hydrogen-bond donors (Lipinski definition) is 2. The standard InChI is InChI=1S/C21H33N5O3/c1-14-19(28-12-16-5-4-6-16)10-9-17(24-14)20(22)18(26(3)23)13-29-21(27)25(2)11-15-7-8-15/h9-10,15-16H,4-8,11-13,22-23H2,1-3H3/b20-18-. The Morgan fingerprint density at radius 2 is 1.93 bits per heavy atom. The molecule has 0 bridgehead atoms. The molecule has 0 atom stereocenters. The molecule has 0 spiro atoms. The van der Waals surface area contributed by atoms with Crippen LogP contribution in [0.25, 0.3) is 5.70 Å². The quantitative estimate of drug-likeness (QED) is 0.482. The fraction of sp³-hybridized carbons (Fsp3) is 0.619. The minimum absolute atomic E-state index is 0.0205. The topological polar surface area (TPSA) is 107 Å². The van der Waals surface area contributed by atoms with Gasteiger partial charge in [-0.25, -0.2) is 15.6 Å². The molecule has 0 aliphatic heterocycles. The van der Waals surface area contributed by atoms with Crippen LogP contribution in [0.1, 0.15) is 43.5 Å². The van der Waals surface area contributed by atoms with Crippen LogP contribution in [0.4, 0.5) is 4.79 Å². The van der Waals surface area contributed by atoms with Gasteiger partial charge in [0.25, 0.3) is 0 Å². The number of hydrazine groups is 1. The number of nitrogens with two attached hydrogens (primary N) is 2. The van der Waals surface area contributed by atoms with Crippen molar-refractivity contribution in [2.75, 3.05) is 33.9 Å². The lowest BCUT2D eigenvalue weighted by Crippen LogP contribution is -2.34. The van der Waals surface area contributed by atoms with Crippen molar-refractivity contribution in [2.24, 2.45) is 23.4 Å². The van der Waals surface area contributed by atoms with E-state index in [-0.39, 0.29) is 12.7 Å². The highest BCUT2D eigenvalue weighted by molar-refractivity contribution is 5.68. The van der Waals surface area contributed by atoms with E-state index in [0.717, 1.165) is 24.6 Å². The summed E-state index contributed by atoms with van der Waals surface area (Å²) in [5.41, 5.74) is 8.53. The first-order chi connectivity index (χ1) is 13.8. The number of aryl methyl sites for hydroxylation is 1. The molecular formula is C21H33N5O3. The maximum atomic E-state index is 12.2. The Labute approximate surface area is 172 Å². The predicted octanol–water partition coefficient (Wildman–Crippen LogP) is 2.48. The maximum Gasteiger partial charge on any atom is 0.409 e. The number of nitrogens with zero attached hydrogens (tertiary/aromatic N) is 3. The van der Waals surface area contributed by atoms with Gasteiger partial charge in [-0.15, -0.1) is 0 Å². The number of likely N-dealkylation sites (N-methyl/N-ethyl adjacent to an activating group) is 1. The fourth-order valence-electron chi connectivity index (χ4n) is 3.24. The van der Waals surface area contributed by atoms with Crippen molar-refractivity contribution in [3.63, 3.8) is 0 Å². The summed E-state index contributed by atoms with van der Waals surface area (Å²) in [6, 6.07) is 3.69. The second-order valence-electron chi connectivity index (χ2n) is 8.24. The molecule has 0 radical (unpaired) electrons. The molecule has 8 heteroatoms. The lowest BCUT2D eigenvalue weighted by molar-refractivity contribution is 0.112. The number of amides is 1. The van der Waals surface area contributed by atoms with Crippen molar-refractivity contribution in [2.45, 2.75) is 39.0 Å². The van der Waals surface area contributed by atoms with Crippen LogP contribution in [0.3, 0.4) is 0 Å². The van der Waals surface area contributed by atoms with E-state index in [1.807, 2.05) is 19.1 Å². The van der Waals surface area contributed by atoms with E-state index in [1.165, 1.54) is 37.1 Å². The van der Waals surface area contributed by atoms with Gasteiger partial charge in [-0.3, -0.25) is 0 Å². The lowest BCUT2D eigenvalue weighted by Gasteiger charge is -2.25. The van der Waals surface area contributed by atoms with Crippen molar-refractivity contribution < 1.29 is 14.3 Å². The molecule has 0 aromatic carbocycles. The smallest absolute Gasteiger partial charge is 0.409 e. The highest BCUT2D eigenvalue weighted by Gasteiger charge is 2.26. The van der Waals surface area contributed by atoms with Crippen LogP contribution < -0.4 is 16.3 Å². The highest BCUT2D eigenvalue weighted by atomic mass is 16.6. The van der Waals surface area contributed by atoms with Gasteiger partial charge in [0.05, 0.1) is 29.4 Å². The van der Waals surface area contributed by atoms with Crippen LogP contribution in [0.15, 0.2) is 17.8 Å². The molecule has 29 heavy (non-hydrogen) atoms. The molecule has 2 fully saturated rings. The van der Waals surface area contributed by atoms with E-state index in [9.17, 15) is 4.79 Å². The Hall–Kier alpha value is -2.48. The molecule has 0 unspecified atom stereocenters. The Morgan fingerprint density at radius 3 is 2.48 bits per heavy atom. The first kappa shape index (κ1) is 21.2. The molecule has 160 valence electrons. The molecule has 2 aliphatic carbocycles. The van der Waals surface area contributed by atoms with Gasteiger partial charge in [0.2, 0.25) is 0 Å². The first-order valence-electron chi connectivity index (χ1n) is 10.3. The normalized spacial score (nSPS) is 17.2. The Kier molecular flexibility index (Phi) is 6.84. The monoisotopic (exact) mass is 403 g/mol. The third-order valence-corrected chi connectivity index (χ3v) is 5.62. The average molecular weight is 404 g/mol. The van der Waals surface area contributed by atoms with E-state index in [2.05, 4.69) is 4.98 Å². The molecule has 1 aromatic heterocycles. The summed E-state index contributed by atoms with van der Waals surface area (Å²) in [5.74, 6) is 7.96. The third-order valence-electron chi connectivity index (χ3n) is 5.62. The molecule has 1 amide bonds. The van der Waals surface area contributed by atoms with Crippen LogP contribution >= 0.6 is 0 Å². The summed E-state index contributed by atoms with van der Waals surface area (Å²) in [7, 11) is 3.40. The summed E-state index contributed by atoms with van der Waals surface area (Å²) in [5, 5.41) is 1.36. The molecule has 0 saturated heterocycles. The van der Waals surface area contributed by atoms with Crippen LogP contribution in [-0.2, 0) is 4.74 Å². The molecule has 2 saturated carbocycles. The first-order valence-corrected chi connectivity index (χ1v) is 10.3. The molecule has 4 N–H and O–H groups in total. The minimum Gasteiger partial charge on any atom is -0.491 e. The van der Waals surface area contributed by atoms with Crippen LogP contribution in [-0.4, -0.2) is 54.8 Å². The number of carbonyl (C=O) groups excluding carboxylic acids is 1. The zero-order valence-corrected chi connectivity index (χ0v) is 17.7. The Morgan fingerprint density at radius 1 is 1.21 bits per heavy atom. The Balaban J connectivity index is 1.64. The minimum atomic E-state index is -0.382. The SMILES string of the molecule is Cc1nc(/C(N)=C(\COC(=O)N(C)CC2CC2)N(C)N)ccc1OCC1CCC1. The predicted molar refractivity (Wildman–Crippen MR) is 112 cm³/mol. The number of aromatic nitrogens is 1. The van der Waals surface area contributed by atoms with Crippen LogP contribution in [0, 0.1) is 18.8 Å². The third kappa shape index (κ3) is 5.76.